The second-order valence-electron chi connectivity index (χ2n) is 11.2. The maximum absolute atomic E-state index is 12.3. The lowest BCUT2D eigenvalue weighted by Crippen LogP contribution is -2.35. The highest BCUT2D eigenvalue weighted by molar-refractivity contribution is 5.70. The van der Waals surface area contributed by atoms with Crippen LogP contribution in [0.15, 0.2) is 0 Å². The molecule has 0 bridgehead atoms. The van der Waals surface area contributed by atoms with Crippen LogP contribution < -0.4 is 0 Å². The van der Waals surface area contributed by atoms with Gasteiger partial charge in [0.15, 0.2) is 0 Å². The van der Waals surface area contributed by atoms with Gasteiger partial charge in [0.05, 0.1) is 39.3 Å². The summed E-state index contributed by atoms with van der Waals surface area (Å²) >= 11 is 0. The first kappa shape index (κ1) is 37.8. The summed E-state index contributed by atoms with van der Waals surface area (Å²) in [6.45, 7) is 13.6. The number of unbranched alkanes of at least 4 members (excludes halogenated alkanes) is 4. The maximum Gasteiger partial charge on any atom is 0.307 e. The summed E-state index contributed by atoms with van der Waals surface area (Å²) in [5, 5.41) is 18.5. The molecule has 0 aromatic heterocycles. The Morgan fingerprint density at radius 3 is 1.38 bits per heavy atom. The van der Waals surface area contributed by atoms with Gasteiger partial charge < -0.3 is 24.6 Å². The Morgan fingerprint density at radius 2 is 1.00 bits per heavy atom. The molecule has 0 rings (SSSR count). The van der Waals surface area contributed by atoms with E-state index in [1.165, 1.54) is 38.5 Å². The van der Waals surface area contributed by atoms with E-state index in [0.717, 1.165) is 57.0 Å². The molecule has 0 aliphatic heterocycles. The van der Waals surface area contributed by atoms with Crippen molar-refractivity contribution in [3.8, 4) is 0 Å². The van der Waals surface area contributed by atoms with Crippen LogP contribution in [0.1, 0.15) is 111 Å². The fourth-order valence-electron chi connectivity index (χ4n) is 4.44. The maximum atomic E-state index is 12.3. The molecular formula is C31H62N2O6. The second kappa shape index (κ2) is 27.0. The predicted molar refractivity (Wildman–Crippen MR) is 159 cm³/mol. The summed E-state index contributed by atoms with van der Waals surface area (Å²) in [4.78, 5) is 28.8. The molecule has 0 spiro atoms. The van der Waals surface area contributed by atoms with Gasteiger partial charge in [-0.25, -0.2) is 0 Å². The zero-order valence-electron chi connectivity index (χ0n) is 25.8. The molecule has 8 heteroatoms. The van der Waals surface area contributed by atoms with E-state index in [0.29, 0.717) is 52.2 Å². The molecule has 0 fully saturated rings. The van der Waals surface area contributed by atoms with Crippen molar-refractivity contribution in [1.29, 1.82) is 0 Å². The van der Waals surface area contributed by atoms with Gasteiger partial charge in [-0.05, 0) is 44.2 Å². The molecular weight excluding hydrogens is 496 g/mol. The molecule has 0 radical (unpaired) electrons. The molecule has 0 saturated heterocycles. The van der Waals surface area contributed by atoms with Gasteiger partial charge in [0.1, 0.15) is 0 Å². The largest absolute Gasteiger partial charge is 0.466 e. The zero-order valence-corrected chi connectivity index (χ0v) is 25.8. The summed E-state index contributed by atoms with van der Waals surface area (Å²) in [6, 6.07) is 0. The van der Waals surface area contributed by atoms with E-state index in [4.69, 9.17) is 9.47 Å². The van der Waals surface area contributed by atoms with Crippen LogP contribution in [0.2, 0.25) is 0 Å². The molecule has 0 aliphatic carbocycles. The molecule has 0 amide bonds. The number of carbonyl (C=O) groups excluding carboxylic acids is 2. The highest BCUT2D eigenvalue weighted by Crippen LogP contribution is 2.13. The lowest BCUT2D eigenvalue weighted by molar-refractivity contribution is -0.144. The van der Waals surface area contributed by atoms with Crippen LogP contribution in [0.5, 0.6) is 0 Å². The minimum Gasteiger partial charge on any atom is -0.466 e. The minimum atomic E-state index is -0.191. The van der Waals surface area contributed by atoms with Crippen LogP contribution in [-0.2, 0) is 19.1 Å². The molecule has 8 nitrogen and oxygen atoms in total. The number of rotatable bonds is 28. The highest BCUT2D eigenvalue weighted by atomic mass is 16.5. The molecule has 232 valence electrons. The van der Waals surface area contributed by atoms with Crippen molar-refractivity contribution in [2.24, 2.45) is 11.8 Å². The van der Waals surface area contributed by atoms with E-state index in [2.05, 4.69) is 32.6 Å². The van der Waals surface area contributed by atoms with Gasteiger partial charge in [0, 0.05) is 26.2 Å². The van der Waals surface area contributed by atoms with Crippen molar-refractivity contribution in [3.05, 3.63) is 0 Å². The molecule has 2 atom stereocenters. The first-order chi connectivity index (χ1) is 18.9. The van der Waals surface area contributed by atoms with Crippen LogP contribution in [0, 0.1) is 11.8 Å². The van der Waals surface area contributed by atoms with Crippen LogP contribution in [0.3, 0.4) is 0 Å². The average Bonchev–Trinajstić information content (AvgIpc) is 2.93. The average molecular weight is 559 g/mol. The number of carbonyl (C=O) groups is 2. The third kappa shape index (κ3) is 24.3. The number of aliphatic hydroxyl groups excluding tert-OH is 2. The first-order valence-electron chi connectivity index (χ1n) is 15.8. The minimum absolute atomic E-state index is 0.0522. The molecule has 2 N–H and O–H groups in total. The van der Waals surface area contributed by atoms with Crippen molar-refractivity contribution in [1.82, 2.24) is 9.80 Å². The van der Waals surface area contributed by atoms with E-state index < -0.39 is 0 Å². The Morgan fingerprint density at radius 1 is 0.590 bits per heavy atom. The highest BCUT2D eigenvalue weighted by Gasteiger charge is 2.13. The fraction of sp³-hybridized carbons (Fsp3) is 0.935. The molecule has 0 heterocycles. The molecule has 39 heavy (non-hydrogen) atoms. The van der Waals surface area contributed by atoms with E-state index in [-0.39, 0.29) is 25.2 Å². The summed E-state index contributed by atoms with van der Waals surface area (Å²) in [6.07, 6.45) is 12.6. The third-order valence-corrected chi connectivity index (χ3v) is 7.65. The van der Waals surface area contributed by atoms with E-state index in [9.17, 15) is 19.8 Å². The van der Waals surface area contributed by atoms with E-state index in [1.54, 1.807) is 0 Å². The summed E-state index contributed by atoms with van der Waals surface area (Å²) < 4.78 is 10.9. The second-order valence-corrected chi connectivity index (χ2v) is 11.2. The van der Waals surface area contributed by atoms with Crippen LogP contribution >= 0.6 is 0 Å². The molecule has 0 saturated carbocycles. The van der Waals surface area contributed by atoms with Crippen molar-refractivity contribution >= 4 is 11.9 Å². The smallest absolute Gasteiger partial charge is 0.307 e. The fourth-order valence-corrected chi connectivity index (χ4v) is 4.44. The van der Waals surface area contributed by atoms with Crippen molar-refractivity contribution < 1.29 is 29.3 Å². The van der Waals surface area contributed by atoms with Gasteiger partial charge in [0.25, 0.3) is 0 Å². The SMILES string of the molecule is CCC(C)CCCCCOC(=O)CCN(CCCN(CCO)CCO)CCC(=O)OCCCCCC(C)CC. The van der Waals surface area contributed by atoms with Crippen molar-refractivity contribution in [2.45, 2.75) is 111 Å². The van der Waals surface area contributed by atoms with Gasteiger partial charge in [-0.1, -0.05) is 79.1 Å². The van der Waals surface area contributed by atoms with Gasteiger partial charge in [0.2, 0.25) is 0 Å². The number of nitrogens with zero attached hydrogens (tertiary/aromatic N) is 2. The topological polar surface area (TPSA) is 99.5 Å². The van der Waals surface area contributed by atoms with E-state index in [1.807, 2.05) is 4.90 Å². The van der Waals surface area contributed by atoms with Gasteiger partial charge in [-0.15, -0.1) is 0 Å². The van der Waals surface area contributed by atoms with Crippen molar-refractivity contribution in [3.63, 3.8) is 0 Å². The summed E-state index contributed by atoms with van der Waals surface area (Å²) in [5.74, 6) is 1.14. The number of hydrogen-bond donors (Lipinski definition) is 2. The number of aliphatic hydroxyl groups is 2. The summed E-state index contributed by atoms with van der Waals surface area (Å²) in [5.41, 5.74) is 0. The summed E-state index contributed by atoms with van der Waals surface area (Å²) in [7, 11) is 0. The Labute approximate surface area is 239 Å². The predicted octanol–water partition coefficient (Wildman–Crippen LogP) is 5.04. The number of esters is 2. The van der Waals surface area contributed by atoms with Crippen LogP contribution in [0.25, 0.3) is 0 Å². The zero-order chi connectivity index (χ0) is 29.1. The number of hydrogen-bond acceptors (Lipinski definition) is 8. The Balaban J connectivity index is 4.41. The number of ether oxygens (including phenoxy) is 2. The monoisotopic (exact) mass is 558 g/mol. The standard InChI is InChI=1S/C31H62N2O6/c1-5-28(3)14-9-7-11-26-38-30(36)16-20-32(18-13-19-33(22-24-34)23-25-35)21-17-31(37)39-27-12-8-10-15-29(4)6-2/h28-29,34-35H,5-27H2,1-4H3. The van der Waals surface area contributed by atoms with Crippen LogP contribution in [-0.4, -0.2) is 97.6 Å². The van der Waals surface area contributed by atoms with Crippen LogP contribution in [0.4, 0.5) is 0 Å². The quantitative estimate of drug-likeness (QED) is 0.102. The molecule has 0 aliphatic rings. The first-order valence-corrected chi connectivity index (χ1v) is 15.8. The Kier molecular flexibility index (Phi) is 26.1. The molecule has 2 unspecified atom stereocenters. The van der Waals surface area contributed by atoms with Gasteiger partial charge in [-0.2, -0.15) is 0 Å². The molecule has 0 aromatic rings. The lowest BCUT2D eigenvalue weighted by atomic mass is 10.0. The third-order valence-electron chi connectivity index (χ3n) is 7.65. The molecule has 0 aromatic carbocycles. The Bertz CT molecular complexity index is 533. The van der Waals surface area contributed by atoms with Gasteiger partial charge in [-0.3, -0.25) is 14.5 Å². The normalized spacial score (nSPS) is 13.1. The van der Waals surface area contributed by atoms with Gasteiger partial charge >= 0.3 is 11.9 Å². The van der Waals surface area contributed by atoms with Crippen molar-refractivity contribution in [2.75, 3.05) is 65.7 Å². The Hall–Kier alpha value is -1.22. The lowest BCUT2D eigenvalue weighted by Gasteiger charge is -2.24. The van der Waals surface area contributed by atoms with E-state index >= 15 is 0 Å².